The maximum Gasteiger partial charge on any atom is 0.0869 e. The zero-order valence-electron chi connectivity index (χ0n) is 8.80. The van der Waals surface area contributed by atoms with Crippen LogP contribution in [0.1, 0.15) is 32.1 Å². The van der Waals surface area contributed by atoms with E-state index in [-0.39, 0.29) is 0 Å². The van der Waals surface area contributed by atoms with Gasteiger partial charge < -0.3 is 4.74 Å². The van der Waals surface area contributed by atoms with Crippen molar-refractivity contribution in [3.63, 3.8) is 0 Å². The molecule has 0 spiro atoms. The first-order valence-corrected chi connectivity index (χ1v) is 16.7. The fraction of sp³-hybridized carbons (Fsp3) is 1.00. The Kier molecular flexibility index (Phi) is 3.83. The van der Waals surface area contributed by atoms with Crippen LogP contribution in [0.25, 0.3) is 0 Å². The quantitative estimate of drug-likeness (QED) is 0.345. The lowest BCUT2D eigenvalue weighted by atomic mass is 9.86. The number of epoxide rings is 1. The second-order valence-electron chi connectivity index (χ2n) is 4.68. The summed E-state index contributed by atoms with van der Waals surface area (Å²) in [4.78, 5) is 0. The Bertz CT molecular complexity index is 165. The molecule has 0 radical (unpaired) electrons. The Morgan fingerprint density at radius 1 is 1.38 bits per heavy atom. The highest BCUT2D eigenvalue weighted by Gasteiger charge is 2.46. The molecule has 0 aromatic heterocycles. The fourth-order valence-corrected chi connectivity index (χ4v) is 10.9. The minimum atomic E-state index is 0.532. The molecule has 3 unspecified atom stereocenters. The van der Waals surface area contributed by atoms with Crippen molar-refractivity contribution in [2.45, 2.75) is 50.4 Å². The molecular formula is C9H22OSi3. The molecule has 1 aliphatic heterocycles. The standard InChI is InChI=1S/C9H22OSi3/c11-13-12-6-2-4-7-3-1-5-8-9(7)10-8/h7-9H,1-6,12-13H2,11H3. The lowest BCUT2D eigenvalue weighted by Gasteiger charge is -2.17. The summed E-state index contributed by atoms with van der Waals surface area (Å²) >= 11 is 0. The molecule has 0 N–H and O–H groups in total. The average molecular weight is 231 g/mol. The average Bonchev–Trinajstić information content (AvgIpc) is 2.91. The van der Waals surface area contributed by atoms with E-state index < -0.39 is 0 Å². The van der Waals surface area contributed by atoms with Gasteiger partial charge >= 0.3 is 0 Å². The summed E-state index contributed by atoms with van der Waals surface area (Å²) in [6, 6.07) is 1.67. The summed E-state index contributed by atoms with van der Waals surface area (Å²) in [7, 11) is 2.74. The van der Waals surface area contributed by atoms with Crippen molar-refractivity contribution in [2.75, 3.05) is 0 Å². The van der Waals surface area contributed by atoms with Crippen molar-refractivity contribution in [1.82, 2.24) is 0 Å². The van der Waals surface area contributed by atoms with Gasteiger partial charge in [-0.2, -0.15) is 0 Å². The summed E-state index contributed by atoms with van der Waals surface area (Å²) in [6.07, 6.45) is 8.78. The first-order valence-electron chi connectivity index (χ1n) is 6.07. The molecule has 1 nitrogen and oxygen atoms in total. The molecule has 2 aliphatic rings. The Hall–Kier alpha value is 0.611. The van der Waals surface area contributed by atoms with Crippen LogP contribution in [0.2, 0.25) is 6.04 Å². The summed E-state index contributed by atoms with van der Waals surface area (Å²) in [5.74, 6) is 0.975. The van der Waals surface area contributed by atoms with Crippen LogP contribution in [-0.4, -0.2) is 39.6 Å². The predicted octanol–water partition coefficient (Wildman–Crippen LogP) is -0.715. The zero-order chi connectivity index (χ0) is 9.10. The molecule has 0 aromatic rings. The number of rotatable bonds is 5. The first-order chi connectivity index (χ1) is 6.42. The molecule has 1 aliphatic carbocycles. The van der Waals surface area contributed by atoms with Crippen LogP contribution < -0.4 is 0 Å². The lowest BCUT2D eigenvalue weighted by Crippen LogP contribution is -2.16. The van der Waals surface area contributed by atoms with E-state index in [9.17, 15) is 0 Å². The van der Waals surface area contributed by atoms with Crippen molar-refractivity contribution in [3.8, 4) is 0 Å². The van der Waals surface area contributed by atoms with Gasteiger partial charge in [0.25, 0.3) is 0 Å². The lowest BCUT2D eigenvalue weighted by molar-refractivity contribution is 0.307. The van der Waals surface area contributed by atoms with Crippen LogP contribution in [0.15, 0.2) is 0 Å². The highest BCUT2D eigenvalue weighted by Crippen LogP contribution is 2.42. The predicted molar refractivity (Wildman–Crippen MR) is 67.1 cm³/mol. The van der Waals surface area contributed by atoms with Crippen LogP contribution in [0.5, 0.6) is 0 Å². The summed E-state index contributed by atoms with van der Waals surface area (Å²) in [5, 5.41) is 0. The molecule has 1 heterocycles. The molecule has 3 atom stereocenters. The fourth-order valence-electron chi connectivity index (χ4n) is 2.69. The number of fused-ring (bicyclic) bond motifs is 1. The van der Waals surface area contributed by atoms with Crippen LogP contribution in [0, 0.1) is 5.92 Å². The van der Waals surface area contributed by atoms with Gasteiger partial charge in [0.2, 0.25) is 0 Å². The third kappa shape index (κ3) is 2.78. The van der Waals surface area contributed by atoms with E-state index in [4.69, 9.17) is 4.74 Å². The van der Waals surface area contributed by atoms with Crippen LogP contribution in [-0.2, 0) is 4.74 Å². The van der Waals surface area contributed by atoms with Gasteiger partial charge in [-0.15, -0.1) is 0 Å². The SMILES string of the molecule is [SiH3][SiH2][SiH2]CCCC1CCCC2OC12. The highest BCUT2D eigenvalue weighted by molar-refractivity contribution is 7.23. The van der Waals surface area contributed by atoms with Crippen molar-refractivity contribution >= 4 is 27.4 Å². The molecule has 2 fully saturated rings. The molecule has 0 amide bonds. The maximum absolute atomic E-state index is 5.67. The number of hydrogen-bond acceptors (Lipinski definition) is 1. The molecular weight excluding hydrogens is 208 g/mol. The summed E-state index contributed by atoms with van der Waals surface area (Å²) in [5.41, 5.74) is 0. The van der Waals surface area contributed by atoms with Gasteiger partial charge in [0.15, 0.2) is 0 Å². The normalized spacial score (nSPS) is 39.2. The topological polar surface area (TPSA) is 12.5 Å². The molecule has 0 aromatic carbocycles. The Balaban J connectivity index is 1.59. The molecule has 76 valence electrons. The molecule has 4 heteroatoms. The second kappa shape index (κ2) is 4.91. The Labute approximate surface area is 88.7 Å². The first kappa shape index (κ1) is 10.1. The van der Waals surface area contributed by atoms with Crippen LogP contribution in [0.4, 0.5) is 0 Å². The number of ether oxygens (including phenoxy) is 1. The van der Waals surface area contributed by atoms with E-state index in [1.54, 1.807) is 22.2 Å². The minimum absolute atomic E-state index is 0.532. The molecule has 13 heavy (non-hydrogen) atoms. The smallest absolute Gasteiger partial charge is 0.0869 e. The van der Waals surface area contributed by atoms with Crippen LogP contribution in [0.3, 0.4) is 0 Å². The van der Waals surface area contributed by atoms with E-state index in [2.05, 4.69) is 0 Å². The van der Waals surface area contributed by atoms with Gasteiger partial charge in [-0.05, 0) is 43.5 Å². The molecule has 1 saturated heterocycles. The molecule has 0 bridgehead atoms. The van der Waals surface area contributed by atoms with Crippen molar-refractivity contribution in [2.24, 2.45) is 5.92 Å². The Morgan fingerprint density at radius 3 is 3.15 bits per heavy atom. The number of hydrogen-bond donors (Lipinski definition) is 0. The van der Waals surface area contributed by atoms with E-state index >= 15 is 0 Å². The Morgan fingerprint density at radius 2 is 2.31 bits per heavy atom. The zero-order valence-corrected chi connectivity index (χ0v) is 13.6. The van der Waals surface area contributed by atoms with Gasteiger partial charge in [0.05, 0.1) is 12.2 Å². The largest absolute Gasteiger partial charge is 0.369 e. The van der Waals surface area contributed by atoms with Crippen molar-refractivity contribution in [3.05, 3.63) is 0 Å². The van der Waals surface area contributed by atoms with E-state index in [0.717, 1.165) is 12.0 Å². The van der Waals surface area contributed by atoms with Crippen LogP contribution >= 0.6 is 0 Å². The summed E-state index contributed by atoms with van der Waals surface area (Å²) in [6.45, 7) is 0. The third-order valence-corrected chi connectivity index (χ3v) is 15.3. The van der Waals surface area contributed by atoms with Gasteiger partial charge in [-0.1, -0.05) is 18.9 Å². The van der Waals surface area contributed by atoms with Gasteiger partial charge in [-0.25, -0.2) is 0 Å². The highest BCUT2D eigenvalue weighted by atomic mass is 29.5. The van der Waals surface area contributed by atoms with Gasteiger partial charge in [0.1, 0.15) is 0 Å². The van der Waals surface area contributed by atoms with E-state index in [1.165, 1.54) is 25.7 Å². The van der Waals surface area contributed by atoms with E-state index in [0.29, 0.717) is 23.7 Å². The maximum atomic E-state index is 5.67. The molecule has 2 rings (SSSR count). The third-order valence-electron chi connectivity index (χ3n) is 3.58. The monoisotopic (exact) mass is 230 g/mol. The van der Waals surface area contributed by atoms with E-state index in [1.807, 2.05) is 0 Å². The second-order valence-corrected chi connectivity index (χ2v) is 21.2. The molecule has 1 saturated carbocycles. The van der Waals surface area contributed by atoms with Crippen molar-refractivity contribution < 1.29 is 4.74 Å². The van der Waals surface area contributed by atoms with Gasteiger partial charge in [-0.3, -0.25) is 0 Å². The minimum Gasteiger partial charge on any atom is -0.369 e. The summed E-state index contributed by atoms with van der Waals surface area (Å²) < 4.78 is 5.67. The van der Waals surface area contributed by atoms with Gasteiger partial charge in [0, 0.05) is 9.04 Å². The van der Waals surface area contributed by atoms with Crippen molar-refractivity contribution in [1.29, 1.82) is 0 Å².